The first-order chi connectivity index (χ1) is 18.1. The van der Waals surface area contributed by atoms with Crippen molar-refractivity contribution in [3.05, 3.63) is 65.4 Å². The predicted molar refractivity (Wildman–Crippen MR) is 138 cm³/mol. The molecule has 0 radical (unpaired) electrons. The third-order valence-corrected chi connectivity index (χ3v) is 6.23. The minimum Gasteiger partial charge on any atom is -0.493 e. The maximum atomic E-state index is 13.1. The van der Waals surface area contributed by atoms with Crippen LogP contribution in [0.2, 0.25) is 0 Å². The molecule has 4 rings (SSSR count). The van der Waals surface area contributed by atoms with E-state index in [2.05, 4.69) is 15.7 Å². The van der Waals surface area contributed by atoms with E-state index in [0.29, 0.717) is 35.7 Å². The van der Waals surface area contributed by atoms with Gasteiger partial charge < -0.3 is 20.1 Å². The summed E-state index contributed by atoms with van der Waals surface area (Å²) in [4.78, 5) is 25.6. The zero-order valence-electron chi connectivity index (χ0n) is 20.8. The monoisotopic (exact) mass is 548 g/mol. The SMILES string of the molecule is CSCC(=O)Nc1c2c(nn1-c1cccc(C)c1)CC(CCOc1cccc(OCC(F)(F)F)c1)NC2=O. The molecule has 1 aliphatic heterocycles. The molecule has 1 aromatic heterocycles. The Bertz CT molecular complexity index is 1310. The molecule has 1 unspecified atom stereocenters. The molecule has 2 aromatic carbocycles. The zero-order valence-corrected chi connectivity index (χ0v) is 21.6. The normalized spacial score (nSPS) is 15.0. The second-order valence-electron chi connectivity index (χ2n) is 8.79. The number of halogens is 3. The van der Waals surface area contributed by atoms with E-state index in [1.54, 1.807) is 16.8 Å². The number of hydrogen-bond donors (Lipinski definition) is 2. The molecule has 38 heavy (non-hydrogen) atoms. The first kappa shape index (κ1) is 27.4. The van der Waals surface area contributed by atoms with Crippen molar-refractivity contribution in [1.29, 1.82) is 0 Å². The number of fused-ring (bicyclic) bond motifs is 1. The van der Waals surface area contributed by atoms with Crippen LogP contribution in [-0.2, 0) is 11.2 Å². The van der Waals surface area contributed by atoms with Crippen molar-refractivity contribution in [1.82, 2.24) is 15.1 Å². The topological polar surface area (TPSA) is 94.5 Å². The Kier molecular flexibility index (Phi) is 8.50. The van der Waals surface area contributed by atoms with Crippen LogP contribution in [0.4, 0.5) is 19.0 Å². The van der Waals surface area contributed by atoms with Gasteiger partial charge in [-0.15, -0.1) is 0 Å². The van der Waals surface area contributed by atoms with Gasteiger partial charge in [0.25, 0.3) is 5.91 Å². The van der Waals surface area contributed by atoms with Crippen LogP contribution in [0, 0.1) is 6.92 Å². The number of aromatic nitrogens is 2. The molecule has 0 bridgehead atoms. The van der Waals surface area contributed by atoms with E-state index in [9.17, 15) is 22.8 Å². The van der Waals surface area contributed by atoms with Crippen LogP contribution < -0.4 is 20.1 Å². The van der Waals surface area contributed by atoms with Crippen molar-refractivity contribution in [2.75, 3.05) is 30.5 Å². The Hall–Kier alpha value is -3.67. The minimum absolute atomic E-state index is 0.0492. The minimum atomic E-state index is -4.43. The lowest BCUT2D eigenvalue weighted by Crippen LogP contribution is -2.42. The number of amides is 2. The second kappa shape index (κ2) is 11.8. The number of thioether (sulfide) groups is 1. The van der Waals surface area contributed by atoms with Crippen LogP contribution in [0.1, 0.15) is 28.0 Å². The van der Waals surface area contributed by atoms with Crippen LogP contribution in [0.25, 0.3) is 5.69 Å². The number of nitrogens with one attached hydrogen (secondary N) is 2. The number of carbonyl (C=O) groups is 2. The fourth-order valence-electron chi connectivity index (χ4n) is 4.06. The van der Waals surface area contributed by atoms with Gasteiger partial charge in [0.2, 0.25) is 5.91 Å². The van der Waals surface area contributed by atoms with Gasteiger partial charge in [-0.05, 0) is 43.0 Å². The third-order valence-electron chi connectivity index (χ3n) is 5.68. The van der Waals surface area contributed by atoms with Gasteiger partial charge in [-0.3, -0.25) is 9.59 Å². The van der Waals surface area contributed by atoms with Gasteiger partial charge in [0, 0.05) is 24.9 Å². The summed E-state index contributed by atoms with van der Waals surface area (Å²) in [5.41, 5.74) is 2.61. The molecule has 8 nitrogen and oxygen atoms in total. The Morgan fingerprint density at radius 3 is 2.63 bits per heavy atom. The number of ether oxygens (including phenoxy) is 2. The van der Waals surface area contributed by atoms with Crippen LogP contribution in [-0.4, -0.2) is 59.0 Å². The number of aryl methyl sites for hydroxylation is 1. The molecule has 0 fully saturated rings. The lowest BCUT2D eigenvalue weighted by molar-refractivity contribution is -0.153. The molecule has 2 N–H and O–H groups in total. The molecule has 1 atom stereocenters. The second-order valence-corrected chi connectivity index (χ2v) is 9.66. The fraction of sp³-hybridized carbons (Fsp3) is 0.346. The lowest BCUT2D eigenvalue weighted by Gasteiger charge is -2.23. The average molecular weight is 549 g/mol. The van der Waals surface area contributed by atoms with E-state index in [1.165, 1.54) is 23.9 Å². The van der Waals surface area contributed by atoms with Gasteiger partial charge in [0.1, 0.15) is 22.9 Å². The van der Waals surface area contributed by atoms with E-state index >= 15 is 0 Å². The molecule has 0 aliphatic carbocycles. The number of rotatable bonds is 10. The van der Waals surface area contributed by atoms with Crippen LogP contribution >= 0.6 is 11.8 Å². The molecule has 3 aromatic rings. The Labute approximate surface area is 221 Å². The smallest absolute Gasteiger partial charge is 0.422 e. The highest BCUT2D eigenvalue weighted by atomic mass is 32.2. The van der Waals surface area contributed by atoms with E-state index in [1.807, 2.05) is 37.4 Å². The molecule has 2 amide bonds. The van der Waals surface area contributed by atoms with Gasteiger partial charge in [-0.2, -0.15) is 30.0 Å². The summed E-state index contributed by atoms with van der Waals surface area (Å²) in [7, 11) is 0. The quantitative estimate of drug-likeness (QED) is 0.386. The first-order valence-corrected chi connectivity index (χ1v) is 13.2. The standard InChI is InChI=1S/C26H27F3N4O4S/c1-16-5-3-6-18(11-16)33-24(31-22(34)14-38-2)23-21(32-33)12-17(30-25(23)35)9-10-36-19-7-4-8-20(13-19)37-15-26(27,28)29/h3-8,11,13,17H,9-10,12,14-15H2,1-2H3,(H,30,35)(H,31,34). The van der Waals surface area contributed by atoms with Crippen LogP contribution in [0.5, 0.6) is 11.5 Å². The number of anilines is 1. The number of carbonyl (C=O) groups excluding carboxylic acids is 2. The molecule has 1 aliphatic rings. The van der Waals surface area contributed by atoms with Gasteiger partial charge in [0.15, 0.2) is 6.61 Å². The number of alkyl halides is 3. The van der Waals surface area contributed by atoms with Crippen molar-refractivity contribution >= 4 is 29.4 Å². The van der Waals surface area contributed by atoms with Crippen molar-refractivity contribution in [3.63, 3.8) is 0 Å². The Morgan fingerprint density at radius 2 is 1.92 bits per heavy atom. The molecule has 2 heterocycles. The number of hydrogen-bond acceptors (Lipinski definition) is 6. The van der Waals surface area contributed by atoms with E-state index in [0.717, 1.165) is 11.3 Å². The lowest BCUT2D eigenvalue weighted by atomic mass is 9.99. The van der Waals surface area contributed by atoms with E-state index < -0.39 is 12.8 Å². The molecule has 0 spiro atoms. The highest BCUT2D eigenvalue weighted by Crippen LogP contribution is 2.29. The van der Waals surface area contributed by atoms with Crippen LogP contribution in [0.15, 0.2) is 48.5 Å². The molecular weight excluding hydrogens is 521 g/mol. The van der Waals surface area contributed by atoms with E-state index in [-0.39, 0.29) is 36.0 Å². The Morgan fingerprint density at radius 1 is 1.18 bits per heavy atom. The van der Waals surface area contributed by atoms with Gasteiger partial charge in [0.05, 0.1) is 23.7 Å². The number of nitrogens with zero attached hydrogens (tertiary/aromatic N) is 2. The van der Waals surface area contributed by atoms with Crippen molar-refractivity contribution in [2.24, 2.45) is 0 Å². The predicted octanol–water partition coefficient (Wildman–Crippen LogP) is 4.55. The molecule has 202 valence electrons. The van der Waals surface area contributed by atoms with Crippen molar-refractivity contribution in [3.8, 4) is 17.2 Å². The maximum absolute atomic E-state index is 13.1. The Balaban J connectivity index is 1.46. The number of benzene rings is 2. The summed E-state index contributed by atoms with van der Waals surface area (Å²) in [5.74, 6) is 0.379. The molecule has 0 saturated heterocycles. The fourth-order valence-corrected chi connectivity index (χ4v) is 4.39. The summed E-state index contributed by atoms with van der Waals surface area (Å²) in [6.07, 6.45) is -1.76. The van der Waals surface area contributed by atoms with Gasteiger partial charge in [-0.25, -0.2) is 4.68 Å². The van der Waals surface area contributed by atoms with Gasteiger partial charge in [-0.1, -0.05) is 18.2 Å². The highest BCUT2D eigenvalue weighted by molar-refractivity contribution is 7.99. The van der Waals surface area contributed by atoms with E-state index in [4.69, 9.17) is 9.47 Å². The van der Waals surface area contributed by atoms with Crippen molar-refractivity contribution < 1.29 is 32.2 Å². The van der Waals surface area contributed by atoms with Crippen LogP contribution in [0.3, 0.4) is 0 Å². The summed E-state index contributed by atoms with van der Waals surface area (Å²) in [6.45, 7) is 0.764. The molecule has 0 saturated carbocycles. The van der Waals surface area contributed by atoms with Gasteiger partial charge >= 0.3 is 6.18 Å². The summed E-state index contributed by atoms with van der Waals surface area (Å²) in [5, 5.41) is 10.5. The zero-order chi connectivity index (χ0) is 27.3. The molecule has 12 heteroatoms. The average Bonchev–Trinajstić information content (AvgIpc) is 3.21. The maximum Gasteiger partial charge on any atom is 0.422 e. The van der Waals surface area contributed by atoms with Crippen molar-refractivity contribution in [2.45, 2.75) is 32.0 Å². The third kappa shape index (κ3) is 7.00. The first-order valence-electron chi connectivity index (χ1n) is 11.8. The largest absolute Gasteiger partial charge is 0.493 e. The molecular formula is C26H27F3N4O4S. The highest BCUT2D eigenvalue weighted by Gasteiger charge is 2.33. The summed E-state index contributed by atoms with van der Waals surface area (Å²) >= 11 is 1.37. The summed E-state index contributed by atoms with van der Waals surface area (Å²) < 4.78 is 49.3. The summed E-state index contributed by atoms with van der Waals surface area (Å²) in [6, 6.07) is 13.3.